The van der Waals surface area contributed by atoms with Gasteiger partial charge >= 0.3 is 0 Å². The van der Waals surface area contributed by atoms with Crippen LogP contribution in [0.5, 0.6) is 0 Å². The Kier molecular flexibility index (Phi) is 1.85. The Morgan fingerprint density at radius 3 is 2.60 bits per heavy atom. The maximum Gasteiger partial charge on any atom is 0.150 e. The summed E-state index contributed by atoms with van der Waals surface area (Å²) in [6.07, 6.45) is 0.672. The van der Waals surface area contributed by atoms with Gasteiger partial charge in [-0.2, -0.15) is 0 Å². The highest BCUT2D eigenvalue weighted by atomic mass is 16.5. The second-order valence-electron chi connectivity index (χ2n) is 2.85. The van der Waals surface area contributed by atoms with Crippen LogP contribution in [0, 0.1) is 5.41 Å². The molecule has 1 fully saturated rings. The van der Waals surface area contributed by atoms with Crippen LogP contribution in [0.2, 0.25) is 0 Å². The zero-order valence-electron chi connectivity index (χ0n) is 5.92. The number of Topliss-reactive ketones (excluding diaryl/α,β-unsaturated/α-hetero) is 1. The fourth-order valence-electron chi connectivity index (χ4n) is 0.891. The molecule has 0 saturated carbocycles. The first-order chi connectivity index (χ1) is 4.69. The normalized spacial score (nSPS) is 21.3. The van der Waals surface area contributed by atoms with E-state index in [4.69, 9.17) is 4.74 Å². The van der Waals surface area contributed by atoms with Crippen molar-refractivity contribution in [2.45, 2.75) is 13.3 Å². The number of ketones is 1. The summed E-state index contributed by atoms with van der Waals surface area (Å²) in [5, 5.41) is 0. The zero-order valence-corrected chi connectivity index (χ0v) is 5.92. The Hall–Kier alpha value is -0.700. The minimum absolute atomic E-state index is 0.00579. The highest BCUT2D eigenvalue weighted by molar-refractivity contribution is 5.94. The first kappa shape index (κ1) is 7.41. The second-order valence-corrected chi connectivity index (χ2v) is 2.85. The lowest BCUT2D eigenvalue weighted by molar-refractivity contribution is -0.155. The molecular formula is C7H10O3. The predicted octanol–water partition coefficient (Wildman–Crippen LogP) is 0.181. The standard InChI is InChI=1S/C7H10O3/c1-7(4-10-5-7)6(9)2-3-8/h3H,2,4-5H2,1H3. The van der Waals surface area contributed by atoms with E-state index in [0.29, 0.717) is 19.5 Å². The van der Waals surface area contributed by atoms with Crippen molar-refractivity contribution in [1.82, 2.24) is 0 Å². The zero-order chi connectivity index (χ0) is 7.61. The van der Waals surface area contributed by atoms with Crippen LogP contribution in [0.3, 0.4) is 0 Å². The molecule has 0 spiro atoms. The van der Waals surface area contributed by atoms with Crippen molar-refractivity contribution >= 4 is 12.1 Å². The van der Waals surface area contributed by atoms with Gasteiger partial charge in [0.25, 0.3) is 0 Å². The van der Waals surface area contributed by atoms with Crippen molar-refractivity contribution in [3.8, 4) is 0 Å². The summed E-state index contributed by atoms with van der Waals surface area (Å²) in [5.74, 6) is -0.00579. The van der Waals surface area contributed by atoms with Gasteiger partial charge in [0, 0.05) is 0 Å². The Morgan fingerprint density at radius 1 is 1.70 bits per heavy atom. The first-order valence-electron chi connectivity index (χ1n) is 3.24. The van der Waals surface area contributed by atoms with E-state index in [1.165, 1.54) is 0 Å². The van der Waals surface area contributed by atoms with Crippen LogP contribution in [0.4, 0.5) is 0 Å². The van der Waals surface area contributed by atoms with Gasteiger partial charge in [-0.05, 0) is 6.92 Å². The van der Waals surface area contributed by atoms with E-state index in [2.05, 4.69) is 0 Å². The molecule has 1 aliphatic heterocycles. The fourth-order valence-corrected chi connectivity index (χ4v) is 0.891. The Balaban J connectivity index is 2.46. The number of carbonyl (C=O) groups excluding carboxylic acids is 2. The van der Waals surface area contributed by atoms with Crippen molar-refractivity contribution in [1.29, 1.82) is 0 Å². The summed E-state index contributed by atoms with van der Waals surface area (Å²) in [7, 11) is 0. The minimum atomic E-state index is -0.360. The number of ether oxygens (including phenoxy) is 1. The molecule has 56 valence electrons. The van der Waals surface area contributed by atoms with Gasteiger partial charge in [0.1, 0.15) is 12.1 Å². The smallest absolute Gasteiger partial charge is 0.150 e. The van der Waals surface area contributed by atoms with E-state index in [1.807, 2.05) is 6.92 Å². The highest BCUT2D eigenvalue weighted by Gasteiger charge is 2.39. The van der Waals surface area contributed by atoms with Gasteiger partial charge in [-0.3, -0.25) is 4.79 Å². The Morgan fingerprint density at radius 2 is 2.30 bits per heavy atom. The maximum absolute atomic E-state index is 11.0. The number of hydrogen-bond donors (Lipinski definition) is 0. The lowest BCUT2D eigenvalue weighted by atomic mass is 9.83. The summed E-state index contributed by atoms with van der Waals surface area (Å²) >= 11 is 0. The van der Waals surface area contributed by atoms with Gasteiger partial charge in [0.2, 0.25) is 0 Å². The molecule has 1 saturated heterocycles. The van der Waals surface area contributed by atoms with Gasteiger partial charge in [-0.25, -0.2) is 0 Å². The summed E-state index contributed by atoms with van der Waals surface area (Å²) in [5.41, 5.74) is -0.360. The average Bonchev–Trinajstić information content (AvgIpc) is 1.83. The van der Waals surface area contributed by atoms with Crippen LogP contribution in [0.15, 0.2) is 0 Å². The van der Waals surface area contributed by atoms with Gasteiger partial charge in [0.15, 0.2) is 0 Å². The molecule has 0 N–H and O–H groups in total. The van der Waals surface area contributed by atoms with Gasteiger partial charge < -0.3 is 9.53 Å². The molecule has 10 heavy (non-hydrogen) atoms. The minimum Gasteiger partial charge on any atom is -0.379 e. The molecule has 0 unspecified atom stereocenters. The highest BCUT2D eigenvalue weighted by Crippen LogP contribution is 2.28. The van der Waals surface area contributed by atoms with Gasteiger partial charge in [-0.1, -0.05) is 0 Å². The molecule has 3 heteroatoms. The summed E-state index contributed by atoms with van der Waals surface area (Å²) < 4.78 is 4.87. The van der Waals surface area contributed by atoms with Gasteiger partial charge in [-0.15, -0.1) is 0 Å². The van der Waals surface area contributed by atoms with E-state index < -0.39 is 0 Å². The maximum atomic E-state index is 11.0. The van der Waals surface area contributed by atoms with Crippen molar-refractivity contribution in [3.05, 3.63) is 0 Å². The van der Waals surface area contributed by atoms with Crippen LogP contribution in [0.25, 0.3) is 0 Å². The van der Waals surface area contributed by atoms with E-state index in [0.717, 1.165) is 0 Å². The molecule has 0 bridgehead atoms. The molecule has 0 aromatic rings. The Labute approximate surface area is 59.4 Å². The molecule has 0 aliphatic carbocycles. The number of hydrogen-bond acceptors (Lipinski definition) is 3. The molecule has 0 aromatic carbocycles. The quantitative estimate of drug-likeness (QED) is 0.417. The van der Waals surface area contributed by atoms with E-state index in [-0.39, 0.29) is 17.6 Å². The van der Waals surface area contributed by atoms with Crippen LogP contribution in [-0.4, -0.2) is 25.3 Å². The number of aldehydes is 1. The summed E-state index contributed by atoms with van der Waals surface area (Å²) in [6.45, 7) is 2.77. The topological polar surface area (TPSA) is 43.4 Å². The van der Waals surface area contributed by atoms with Crippen molar-refractivity contribution in [2.75, 3.05) is 13.2 Å². The lowest BCUT2D eigenvalue weighted by Gasteiger charge is -2.35. The van der Waals surface area contributed by atoms with E-state index in [9.17, 15) is 9.59 Å². The molecule has 0 atom stereocenters. The molecule has 0 radical (unpaired) electrons. The van der Waals surface area contributed by atoms with E-state index in [1.54, 1.807) is 0 Å². The molecule has 3 nitrogen and oxygen atoms in total. The molecule has 1 aliphatic rings. The average molecular weight is 142 g/mol. The van der Waals surface area contributed by atoms with Crippen molar-refractivity contribution in [3.63, 3.8) is 0 Å². The van der Waals surface area contributed by atoms with Crippen LogP contribution >= 0.6 is 0 Å². The predicted molar refractivity (Wildman–Crippen MR) is 34.6 cm³/mol. The third-order valence-electron chi connectivity index (χ3n) is 1.78. The first-order valence-corrected chi connectivity index (χ1v) is 3.24. The lowest BCUT2D eigenvalue weighted by Crippen LogP contribution is -2.46. The second kappa shape index (κ2) is 2.50. The largest absolute Gasteiger partial charge is 0.379 e. The summed E-state index contributed by atoms with van der Waals surface area (Å²) in [4.78, 5) is 21.0. The molecule has 1 heterocycles. The third-order valence-corrected chi connectivity index (χ3v) is 1.78. The molecule has 0 aromatic heterocycles. The fraction of sp³-hybridized carbons (Fsp3) is 0.714. The van der Waals surface area contributed by atoms with E-state index >= 15 is 0 Å². The third kappa shape index (κ3) is 1.09. The summed E-state index contributed by atoms with van der Waals surface area (Å²) in [6, 6.07) is 0. The molecular weight excluding hydrogens is 132 g/mol. The van der Waals surface area contributed by atoms with Gasteiger partial charge in [0.05, 0.1) is 25.0 Å². The van der Waals surface area contributed by atoms with Crippen molar-refractivity contribution < 1.29 is 14.3 Å². The van der Waals surface area contributed by atoms with Crippen molar-refractivity contribution in [2.24, 2.45) is 5.41 Å². The molecule has 0 amide bonds. The van der Waals surface area contributed by atoms with Crippen LogP contribution in [-0.2, 0) is 14.3 Å². The number of carbonyl (C=O) groups is 2. The molecule has 1 rings (SSSR count). The number of rotatable bonds is 3. The monoisotopic (exact) mass is 142 g/mol. The van der Waals surface area contributed by atoms with Crippen LogP contribution in [0.1, 0.15) is 13.3 Å². The SMILES string of the molecule is CC1(C(=O)CC=O)COC1. The van der Waals surface area contributed by atoms with Crippen LogP contribution < -0.4 is 0 Å². The Bertz CT molecular complexity index is 158.